The molecule has 2 N–H and O–H groups in total. The minimum absolute atomic E-state index is 0.0814. The molecule has 1 unspecified atom stereocenters. The summed E-state index contributed by atoms with van der Waals surface area (Å²) >= 11 is 0. The Labute approximate surface area is 118 Å². The highest BCUT2D eigenvalue weighted by atomic mass is 19.4. The lowest BCUT2D eigenvalue weighted by atomic mass is 9.95. The molecule has 0 spiro atoms. The molecule has 0 saturated carbocycles. The van der Waals surface area contributed by atoms with Gasteiger partial charge in [-0.25, -0.2) is 0 Å². The molecule has 20 heavy (non-hydrogen) atoms. The van der Waals surface area contributed by atoms with Gasteiger partial charge in [-0.2, -0.15) is 13.2 Å². The minimum Gasteiger partial charge on any atom is -0.323 e. The number of hydrogen-bond acceptors (Lipinski definition) is 2. The number of rotatable bonds is 4. The number of alkyl halides is 3. The highest BCUT2D eigenvalue weighted by Crippen LogP contribution is 2.34. The molecule has 114 valence electrons. The Morgan fingerprint density at radius 1 is 1.15 bits per heavy atom. The monoisotopic (exact) mass is 288 g/mol. The lowest BCUT2D eigenvalue weighted by Crippen LogP contribution is -2.35. The molecule has 0 aliphatic heterocycles. The third-order valence-electron chi connectivity index (χ3n) is 2.92. The molecule has 5 heteroatoms. The zero-order valence-corrected chi connectivity index (χ0v) is 12.5. The predicted octanol–water partition coefficient (Wildman–Crippen LogP) is 3.68. The second kappa shape index (κ2) is 6.14. The summed E-state index contributed by atoms with van der Waals surface area (Å²) in [5, 5.41) is 0. The van der Waals surface area contributed by atoms with E-state index in [1.165, 1.54) is 12.1 Å². The molecule has 0 bridgehead atoms. The van der Waals surface area contributed by atoms with Gasteiger partial charge in [-0.15, -0.1) is 0 Å². The summed E-state index contributed by atoms with van der Waals surface area (Å²) in [7, 11) is 1.88. The summed E-state index contributed by atoms with van der Waals surface area (Å²) in [4.78, 5) is 1.97. The van der Waals surface area contributed by atoms with Gasteiger partial charge >= 0.3 is 6.18 Å². The number of benzene rings is 1. The average molecular weight is 288 g/mol. The first-order valence-corrected chi connectivity index (χ1v) is 6.61. The second-order valence-electron chi connectivity index (χ2n) is 6.45. The first-order valence-electron chi connectivity index (χ1n) is 6.61. The molecule has 0 aliphatic rings. The molecule has 0 saturated heterocycles. The van der Waals surface area contributed by atoms with Crippen LogP contribution in [0, 0.1) is 5.41 Å². The van der Waals surface area contributed by atoms with E-state index in [0.29, 0.717) is 6.54 Å². The van der Waals surface area contributed by atoms with Gasteiger partial charge in [0.25, 0.3) is 0 Å². The normalized spacial score (nSPS) is 14.7. The molecule has 0 fully saturated rings. The minimum atomic E-state index is -4.36. The van der Waals surface area contributed by atoms with Crippen molar-refractivity contribution in [2.45, 2.75) is 33.0 Å². The van der Waals surface area contributed by atoms with Gasteiger partial charge in [-0.05, 0) is 24.1 Å². The maximum atomic E-state index is 12.9. The average Bonchev–Trinajstić information content (AvgIpc) is 2.25. The van der Waals surface area contributed by atoms with Crippen LogP contribution in [0.25, 0.3) is 0 Å². The van der Waals surface area contributed by atoms with E-state index in [-0.39, 0.29) is 11.0 Å². The number of hydrogen-bond donors (Lipinski definition) is 1. The maximum absolute atomic E-state index is 12.9. The van der Waals surface area contributed by atoms with E-state index in [0.717, 1.165) is 12.6 Å². The first kappa shape index (κ1) is 17.0. The SMILES string of the molecule is CN(CC(N)c1ccccc1C(F)(F)F)CC(C)(C)C. The molecule has 0 heterocycles. The third kappa shape index (κ3) is 5.13. The summed E-state index contributed by atoms with van der Waals surface area (Å²) in [5.74, 6) is 0. The highest BCUT2D eigenvalue weighted by Gasteiger charge is 2.34. The van der Waals surface area contributed by atoms with Crippen molar-refractivity contribution in [1.82, 2.24) is 4.90 Å². The van der Waals surface area contributed by atoms with E-state index in [1.807, 2.05) is 11.9 Å². The first-order chi connectivity index (χ1) is 9.00. The van der Waals surface area contributed by atoms with Crippen LogP contribution >= 0.6 is 0 Å². The number of nitrogens with zero attached hydrogens (tertiary/aromatic N) is 1. The molecule has 0 aliphatic carbocycles. The van der Waals surface area contributed by atoms with Crippen LogP contribution in [0.1, 0.15) is 37.9 Å². The van der Waals surface area contributed by atoms with E-state index in [2.05, 4.69) is 20.8 Å². The van der Waals surface area contributed by atoms with Crippen LogP contribution in [0.15, 0.2) is 24.3 Å². The summed E-state index contributed by atoms with van der Waals surface area (Å²) in [6.07, 6.45) is -4.36. The Morgan fingerprint density at radius 3 is 2.20 bits per heavy atom. The fourth-order valence-electron chi connectivity index (χ4n) is 2.39. The van der Waals surface area contributed by atoms with Crippen molar-refractivity contribution in [3.63, 3.8) is 0 Å². The van der Waals surface area contributed by atoms with Gasteiger partial charge in [0.2, 0.25) is 0 Å². The molecule has 1 rings (SSSR count). The molecule has 0 aromatic heterocycles. The largest absolute Gasteiger partial charge is 0.416 e. The van der Waals surface area contributed by atoms with Crippen LogP contribution in [-0.2, 0) is 6.18 Å². The Balaban J connectivity index is 2.86. The lowest BCUT2D eigenvalue weighted by Gasteiger charge is -2.29. The van der Waals surface area contributed by atoms with Crippen molar-refractivity contribution < 1.29 is 13.2 Å². The van der Waals surface area contributed by atoms with Crippen molar-refractivity contribution in [3.8, 4) is 0 Å². The van der Waals surface area contributed by atoms with Gasteiger partial charge in [0.05, 0.1) is 5.56 Å². The van der Waals surface area contributed by atoms with E-state index >= 15 is 0 Å². The Bertz CT molecular complexity index is 435. The predicted molar refractivity (Wildman–Crippen MR) is 75.3 cm³/mol. The second-order valence-corrected chi connectivity index (χ2v) is 6.45. The summed E-state index contributed by atoms with van der Waals surface area (Å²) in [6, 6.07) is 4.86. The zero-order valence-electron chi connectivity index (χ0n) is 12.5. The van der Waals surface area contributed by atoms with Crippen molar-refractivity contribution in [1.29, 1.82) is 0 Å². The van der Waals surface area contributed by atoms with Crippen LogP contribution in [0.5, 0.6) is 0 Å². The highest BCUT2D eigenvalue weighted by molar-refractivity contribution is 5.32. The molecule has 1 aromatic carbocycles. The van der Waals surface area contributed by atoms with Gasteiger partial charge in [-0.1, -0.05) is 39.0 Å². The van der Waals surface area contributed by atoms with E-state index in [9.17, 15) is 13.2 Å². The third-order valence-corrected chi connectivity index (χ3v) is 2.92. The van der Waals surface area contributed by atoms with Crippen LogP contribution < -0.4 is 5.73 Å². The van der Waals surface area contributed by atoms with Crippen LogP contribution in [-0.4, -0.2) is 25.0 Å². The summed E-state index contributed by atoms with van der Waals surface area (Å²) < 4.78 is 38.8. The van der Waals surface area contributed by atoms with Gasteiger partial charge in [0.15, 0.2) is 0 Å². The zero-order chi connectivity index (χ0) is 15.6. The quantitative estimate of drug-likeness (QED) is 0.915. The van der Waals surface area contributed by atoms with Gasteiger partial charge in [0.1, 0.15) is 0 Å². The van der Waals surface area contributed by atoms with Gasteiger partial charge in [-0.3, -0.25) is 0 Å². The topological polar surface area (TPSA) is 29.3 Å². The smallest absolute Gasteiger partial charge is 0.323 e. The molecule has 0 amide bonds. The molecule has 1 aromatic rings. The van der Waals surface area contributed by atoms with Crippen molar-refractivity contribution in [3.05, 3.63) is 35.4 Å². The van der Waals surface area contributed by atoms with E-state index in [1.54, 1.807) is 6.07 Å². The van der Waals surface area contributed by atoms with Gasteiger partial charge < -0.3 is 10.6 Å². The molecule has 0 radical (unpaired) electrons. The molecular weight excluding hydrogens is 265 g/mol. The standard InChI is InChI=1S/C15H23F3N2/c1-14(2,3)10-20(4)9-13(19)11-7-5-6-8-12(11)15(16,17)18/h5-8,13H,9-10,19H2,1-4H3. The lowest BCUT2D eigenvalue weighted by molar-refractivity contribution is -0.138. The van der Waals surface area contributed by atoms with Crippen molar-refractivity contribution in [2.24, 2.45) is 11.1 Å². The Kier molecular flexibility index (Phi) is 5.21. The molecule has 1 atom stereocenters. The summed E-state index contributed by atoms with van der Waals surface area (Å²) in [5.41, 5.74) is 5.56. The van der Waals surface area contributed by atoms with Crippen molar-refractivity contribution in [2.75, 3.05) is 20.1 Å². The fraction of sp³-hybridized carbons (Fsp3) is 0.600. The Morgan fingerprint density at radius 2 is 1.70 bits per heavy atom. The van der Waals surface area contributed by atoms with Crippen LogP contribution in [0.3, 0.4) is 0 Å². The number of halogens is 3. The van der Waals surface area contributed by atoms with Gasteiger partial charge in [0, 0.05) is 19.1 Å². The van der Waals surface area contributed by atoms with Crippen LogP contribution in [0.2, 0.25) is 0 Å². The van der Waals surface area contributed by atoms with E-state index < -0.39 is 17.8 Å². The fourth-order valence-corrected chi connectivity index (χ4v) is 2.39. The van der Waals surface area contributed by atoms with Crippen LogP contribution in [0.4, 0.5) is 13.2 Å². The maximum Gasteiger partial charge on any atom is 0.416 e. The van der Waals surface area contributed by atoms with E-state index in [4.69, 9.17) is 5.73 Å². The summed E-state index contributed by atoms with van der Waals surface area (Å²) in [6.45, 7) is 7.41. The Hall–Kier alpha value is -1.07. The number of likely N-dealkylation sites (N-methyl/N-ethyl adjacent to an activating group) is 1. The van der Waals surface area contributed by atoms with Crippen molar-refractivity contribution >= 4 is 0 Å². The molecular formula is C15H23F3N2. The molecule has 2 nitrogen and oxygen atoms in total. The number of nitrogens with two attached hydrogens (primary N) is 1.